The summed E-state index contributed by atoms with van der Waals surface area (Å²) in [6.07, 6.45) is 0.540. The van der Waals surface area contributed by atoms with Gasteiger partial charge in [-0.05, 0) is 20.3 Å². The summed E-state index contributed by atoms with van der Waals surface area (Å²) in [6, 6.07) is 0. The van der Waals surface area contributed by atoms with Crippen molar-refractivity contribution in [1.82, 2.24) is 5.32 Å². The molecule has 0 saturated heterocycles. The summed E-state index contributed by atoms with van der Waals surface area (Å²) >= 11 is 0. The van der Waals surface area contributed by atoms with E-state index in [1.165, 1.54) is 0 Å². The molecule has 1 amide bonds. The average molecular weight is 233 g/mol. The lowest BCUT2D eigenvalue weighted by Gasteiger charge is -2.17. The smallest absolute Gasteiger partial charge is 0.246 e. The molecule has 5 heteroatoms. The Labute approximate surface area is 97.4 Å². The quantitative estimate of drug-likeness (QED) is 0.450. The molecule has 0 aromatic carbocycles. The molecule has 0 heterocycles. The van der Waals surface area contributed by atoms with Crippen molar-refractivity contribution in [2.24, 2.45) is 0 Å². The average Bonchev–Trinajstić information content (AvgIpc) is 2.27. The van der Waals surface area contributed by atoms with Gasteiger partial charge in [-0.3, -0.25) is 4.79 Å². The summed E-state index contributed by atoms with van der Waals surface area (Å²) in [5.41, 5.74) is 0. The zero-order valence-electron chi connectivity index (χ0n) is 10.5. The molecular formula is C11H23NO4. The number of amides is 1. The van der Waals surface area contributed by atoms with Crippen molar-refractivity contribution in [3.05, 3.63) is 0 Å². The van der Waals surface area contributed by atoms with Gasteiger partial charge >= 0.3 is 0 Å². The molecule has 0 unspecified atom stereocenters. The van der Waals surface area contributed by atoms with Gasteiger partial charge in [0.25, 0.3) is 0 Å². The summed E-state index contributed by atoms with van der Waals surface area (Å²) in [7, 11) is 0. The monoisotopic (exact) mass is 233 g/mol. The number of hydrogen-bond donors (Lipinski definition) is 1. The molecule has 0 rings (SSSR count). The fourth-order valence-electron chi connectivity index (χ4n) is 1.10. The maximum Gasteiger partial charge on any atom is 0.246 e. The first kappa shape index (κ1) is 15.3. The van der Waals surface area contributed by atoms with Gasteiger partial charge in [-0.15, -0.1) is 0 Å². The second-order valence-electron chi connectivity index (χ2n) is 3.20. The Morgan fingerprint density at radius 2 is 1.81 bits per heavy atom. The molecule has 0 aromatic rings. The highest BCUT2D eigenvalue weighted by Gasteiger charge is 2.09. The van der Waals surface area contributed by atoms with Gasteiger partial charge in [0, 0.05) is 19.8 Å². The summed E-state index contributed by atoms with van der Waals surface area (Å²) in [5.74, 6) is -0.141. The fourth-order valence-corrected chi connectivity index (χ4v) is 1.10. The van der Waals surface area contributed by atoms with Crippen molar-refractivity contribution >= 4 is 5.91 Å². The van der Waals surface area contributed by atoms with Crippen LogP contribution in [-0.4, -0.2) is 45.2 Å². The van der Waals surface area contributed by atoms with E-state index < -0.39 is 0 Å². The largest absolute Gasteiger partial charge is 0.372 e. The van der Waals surface area contributed by atoms with E-state index in [-0.39, 0.29) is 18.8 Å². The fraction of sp³-hybridized carbons (Fsp3) is 0.909. The van der Waals surface area contributed by atoms with Crippen LogP contribution >= 0.6 is 0 Å². The lowest BCUT2D eigenvalue weighted by atomic mass is 10.5. The van der Waals surface area contributed by atoms with Crippen LogP contribution in [0, 0.1) is 0 Å². The summed E-state index contributed by atoms with van der Waals surface area (Å²) in [5, 5.41) is 2.70. The van der Waals surface area contributed by atoms with Crippen molar-refractivity contribution < 1.29 is 19.0 Å². The van der Waals surface area contributed by atoms with Crippen LogP contribution < -0.4 is 5.32 Å². The number of ether oxygens (including phenoxy) is 3. The second kappa shape index (κ2) is 10.9. The molecule has 0 spiro atoms. The third-order valence-electron chi connectivity index (χ3n) is 1.75. The summed E-state index contributed by atoms with van der Waals surface area (Å²) < 4.78 is 15.7. The van der Waals surface area contributed by atoms with Crippen molar-refractivity contribution in [3.63, 3.8) is 0 Å². The van der Waals surface area contributed by atoms with Crippen molar-refractivity contribution in [2.75, 3.05) is 33.0 Å². The molecule has 0 bridgehead atoms. The lowest BCUT2D eigenvalue weighted by molar-refractivity contribution is -0.142. The minimum absolute atomic E-state index is 0.0960. The third-order valence-corrected chi connectivity index (χ3v) is 1.75. The van der Waals surface area contributed by atoms with Crippen molar-refractivity contribution in [1.29, 1.82) is 0 Å². The number of nitrogens with one attached hydrogen (secondary N) is 1. The predicted octanol–water partition coefficient (Wildman–Crippen LogP) is 0.928. The molecular weight excluding hydrogens is 210 g/mol. The van der Waals surface area contributed by atoms with E-state index in [1.54, 1.807) is 0 Å². The second-order valence-corrected chi connectivity index (χ2v) is 3.20. The Kier molecular flexibility index (Phi) is 10.4. The van der Waals surface area contributed by atoms with Crippen LogP contribution in [0.2, 0.25) is 0 Å². The highest BCUT2D eigenvalue weighted by Crippen LogP contribution is 1.93. The Hall–Kier alpha value is -0.650. The Morgan fingerprint density at radius 3 is 2.31 bits per heavy atom. The van der Waals surface area contributed by atoms with Crippen LogP contribution in [0.1, 0.15) is 27.2 Å². The lowest BCUT2D eigenvalue weighted by Crippen LogP contribution is -2.37. The summed E-state index contributed by atoms with van der Waals surface area (Å²) in [6.45, 7) is 7.96. The zero-order chi connectivity index (χ0) is 12.2. The van der Waals surface area contributed by atoms with Crippen LogP contribution in [0.25, 0.3) is 0 Å². The molecule has 5 nitrogen and oxygen atoms in total. The number of carbonyl (C=O) groups excluding carboxylic acids is 1. The van der Waals surface area contributed by atoms with Gasteiger partial charge in [0.2, 0.25) is 5.91 Å². The summed E-state index contributed by atoms with van der Waals surface area (Å²) in [4.78, 5) is 11.3. The minimum Gasteiger partial charge on any atom is -0.372 e. The SMILES string of the molecule is CCCOCC(=O)NCC(OCC)OCC. The molecule has 0 radical (unpaired) electrons. The van der Waals surface area contributed by atoms with E-state index in [4.69, 9.17) is 14.2 Å². The maximum atomic E-state index is 11.3. The van der Waals surface area contributed by atoms with E-state index in [0.717, 1.165) is 6.42 Å². The van der Waals surface area contributed by atoms with E-state index in [2.05, 4.69) is 5.32 Å². The predicted molar refractivity (Wildman–Crippen MR) is 61.2 cm³/mol. The first-order chi connectivity index (χ1) is 7.74. The van der Waals surface area contributed by atoms with Crippen LogP contribution in [-0.2, 0) is 19.0 Å². The molecule has 0 saturated carbocycles. The first-order valence-corrected chi connectivity index (χ1v) is 5.82. The van der Waals surface area contributed by atoms with Crippen LogP contribution in [0.5, 0.6) is 0 Å². The molecule has 16 heavy (non-hydrogen) atoms. The van der Waals surface area contributed by atoms with E-state index in [0.29, 0.717) is 26.4 Å². The van der Waals surface area contributed by atoms with Gasteiger partial charge < -0.3 is 19.5 Å². The van der Waals surface area contributed by atoms with Gasteiger partial charge in [-0.25, -0.2) is 0 Å². The standard InChI is InChI=1S/C11H23NO4/c1-4-7-14-9-10(13)12-8-11(15-5-2)16-6-3/h11H,4-9H2,1-3H3,(H,12,13). The Morgan fingerprint density at radius 1 is 1.19 bits per heavy atom. The van der Waals surface area contributed by atoms with Crippen LogP contribution in [0.3, 0.4) is 0 Å². The third kappa shape index (κ3) is 8.64. The number of hydrogen-bond acceptors (Lipinski definition) is 4. The number of rotatable bonds is 10. The molecule has 96 valence electrons. The highest BCUT2D eigenvalue weighted by molar-refractivity contribution is 5.77. The van der Waals surface area contributed by atoms with Gasteiger partial charge in [0.15, 0.2) is 6.29 Å². The Balaban J connectivity index is 3.60. The highest BCUT2D eigenvalue weighted by atomic mass is 16.7. The van der Waals surface area contributed by atoms with E-state index >= 15 is 0 Å². The Bertz CT molecular complexity index is 169. The maximum absolute atomic E-state index is 11.3. The molecule has 0 aliphatic heterocycles. The van der Waals surface area contributed by atoms with E-state index in [1.807, 2.05) is 20.8 Å². The van der Waals surface area contributed by atoms with Gasteiger partial charge in [-0.2, -0.15) is 0 Å². The first-order valence-electron chi connectivity index (χ1n) is 5.82. The molecule has 0 aromatic heterocycles. The molecule has 0 fully saturated rings. The van der Waals surface area contributed by atoms with Crippen molar-refractivity contribution in [2.45, 2.75) is 33.5 Å². The molecule has 0 aliphatic carbocycles. The van der Waals surface area contributed by atoms with Crippen LogP contribution in [0.15, 0.2) is 0 Å². The molecule has 0 atom stereocenters. The normalized spacial score (nSPS) is 10.8. The molecule has 0 aliphatic rings. The van der Waals surface area contributed by atoms with Gasteiger partial charge in [0.1, 0.15) is 6.61 Å². The van der Waals surface area contributed by atoms with Crippen LogP contribution in [0.4, 0.5) is 0 Å². The van der Waals surface area contributed by atoms with E-state index in [9.17, 15) is 4.79 Å². The molecule has 1 N–H and O–H groups in total. The van der Waals surface area contributed by atoms with Crippen molar-refractivity contribution in [3.8, 4) is 0 Å². The van der Waals surface area contributed by atoms with Gasteiger partial charge in [-0.1, -0.05) is 6.92 Å². The minimum atomic E-state index is -0.370. The number of carbonyl (C=O) groups is 1. The zero-order valence-corrected chi connectivity index (χ0v) is 10.5. The van der Waals surface area contributed by atoms with Gasteiger partial charge in [0.05, 0.1) is 6.54 Å². The topological polar surface area (TPSA) is 56.8 Å².